The zero-order valence-electron chi connectivity index (χ0n) is 30.8. The fourth-order valence-electron chi connectivity index (χ4n) is 6.04. The lowest BCUT2D eigenvalue weighted by molar-refractivity contribution is -0.165. The molecular weight excluding hydrogens is 865 g/mol. The minimum atomic E-state index is -3.22. The van der Waals surface area contributed by atoms with Gasteiger partial charge in [-0.2, -0.15) is 15.0 Å². The molecule has 22 nitrogen and oxygen atoms in total. The zero-order valence-corrected chi connectivity index (χ0v) is 34.7. The molecule has 2 aliphatic rings. The number of nitrogens with two attached hydrogens (primary N) is 2. The Hall–Kier alpha value is -4.31. The van der Waals surface area contributed by atoms with E-state index in [4.69, 9.17) is 51.5 Å². The number of hydrogen-bond acceptors (Lipinski definition) is 19. The van der Waals surface area contributed by atoms with E-state index >= 15 is 0 Å². The van der Waals surface area contributed by atoms with Crippen LogP contribution in [-0.4, -0.2) is 99.5 Å². The van der Waals surface area contributed by atoms with Crippen LogP contribution in [0.2, 0.25) is 5.15 Å². The maximum absolute atomic E-state index is 12.0. The number of imidazole rings is 2. The quantitative estimate of drug-likeness (QED) is 0.0977. The molecule has 0 aliphatic carbocycles. The highest BCUT2D eigenvalue weighted by Crippen LogP contribution is 2.61. The lowest BCUT2D eigenvalue weighted by atomic mass is 10.1. The van der Waals surface area contributed by atoms with Gasteiger partial charge in [0.25, 0.3) is 5.56 Å². The van der Waals surface area contributed by atoms with Crippen LogP contribution in [0.1, 0.15) is 66.8 Å². The number of rotatable bonds is 8. The Morgan fingerprint density at radius 3 is 1.53 bits per heavy atom. The summed E-state index contributed by atoms with van der Waals surface area (Å²) in [4.78, 5) is 80.8. The summed E-state index contributed by atoms with van der Waals surface area (Å²) in [6.45, 7) is 8.78. The molecule has 8 atom stereocenters. The van der Waals surface area contributed by atoms with Crippen molar-refractivity contribution in [3.05, 3.63) is 28.2 Å². The molecule has 5 N–H and O–H groups in total. The molecule has 0 radical (unpaired) electrons. The third-order valence-corrected chi connectivity index (χ3v) is 8.24. The van der Waals surface area contributed by atoms with Gasteiger partial charge in [0.15, 0.2) is 58.8 Å². The van der Waals surface area contributed by atoms with E-state index in [0.29, 0.717) is 24.0 Å². The van der Waals surface area contributed by atoms with E-state index in [0.717, 1.165) is 0 Å². The number of esters is 4. The summed E-state index contributed by atoms with van der Waals surface area (Å²) < 4.78 is 45.9. The number of nitrogen functional groups attached to an aromatic ring is 2. The highest BCUT2D eigenvalue weighted by molar-refractivity contribution is 8.24. The number of nitrogens with one attached hydrogen (secondary N) is 1. The summed E-state index contributed by atoms with van der Waals surface area (Å²) >= 11 is 19.9. The Morgan fingerprint density at radius 2 is 1.12 bits per heavy atom. The zero-order chi connectivity index (χ0) is 42.5. The molecule has 2 fully saturated rings. The third-order valence-electron chi connectivity index (χ3n) is 7.98. The molecule has 2 saturated heterocycles. The van der Waals surface area contributed by atoms with Crippen LogP contribution in [0, 0.1) is 0 Å². The molecule has 0 bridgehead atoms. The number of halogens is 4. The topological polar surface area (TPSA) is 300 Å². The van der Waals surface area contributed by atoms with Gasteiger partial charge in [-0.15, -0.1) is 0 Å². The Labute approximate surface area is 341 Å². The first kappa shape index (κ1) is 45.4. The van der Waals surface area contributed by atoms with Gasteiger partial charge in [-0.1, -0.05) is 25.4 Å². The number of fused-ring (bicyclic) bond motifs is 2. The summed E-state index contributed by atoms with van der Waals surface area (Å²) in [5.41, 5.74) is 11.7. The number of carbonyl (C=O) groups is 4. The Morgan fingerprint density at radius 1 is 0.737 bits per heavy atom. The molecule has 0 spiro atoms. The lowest BCUT2D eigenvalue weighted by Crippen LogP contribution is -2.38. The second-order valence-electron chi connectivity index (χ2n) is 12.1. The van der Waals surface area contributed by atoms with Crippen LogP contribution >= 0.6 is 50.5 Å². The number of nitrogens with zero attached hydrogens (tertiary/aromatic N) is 7. The van der Waals surface area contributed by atoms with E-state index in [1.807, 2.05) is 13.8 Å². The lowest BCUT2D eigenvalue weighted by Gasteiger charge is -2.23. The van der Waals surface area contributed by atoms with Crippen LogP contribution in [0.25, 0.3) is 22.3 Å². The van der Waals surface area contributed by atoms with Crippen LogP contribution in [0.4, 0.5) is 11.9 Å². The first-order valence-corrected chi connectivity index (χ1v) is 21.5. The molecule has 57 heavy (non-hydrogen) atoms. The van der Waals surface area contributed by atoms with E-state index in [1.165, 1.54) is 44.9 Å². The van der Waals surface area contributed by atoms with Crippen molar-refractivity contribution in [1.82, 2.24) is 39.0 Å². The molecule has 0 amide bonds. The van der Waals surface area contributed by atoms with E-state index in [2.05, 4.69) is 63.6 Å². The molecule has 0 aromatic carbocycles. The average Bonchev–Trinajstić information content (AvgIpc) is 3.84. The van der Waals surface area contributed by atoms with Gasteiger partial charge >= 0.3 is 29.1 Å². The van der Waals surface area contributed by atoms with Gasteiger partial charge in [-0.25, -0.2) is 9.97 Å². The predicted octanol–water partition coefficient (Wildman–Crippen LogP) is 3.92. The highest BCUT2D eigenvalue weighted by Gasteiger charge is 2.51. The standard InChI is InChI=1S/C15H18ClN5O5.C15H19N5O6.Cl3OP/c1-4-8-10(24-6(2)22)11(25-7(3)23)14(26-8)21-5-18-9-12(16)19-15(17)20-13(9)21;1-4-8-10(24-6(2)21)11(25-7(3)22)14(26-8)20-5-17-9-12(20)18-15(16)19-13(9)23;1-5(2,3)4/h5,8,10-11,14H,4H2,1-3H3,(H2,17,19,20);5,8,10-11,14H,4H2,1-3H3,(H3,16,18,19,23);/t2*8-,10?,11+,14-;/m11./s1. The monoisotopic (exact) mass is 900 g/mol. The van der Waals surface area contributed by atoms with Crippen LogP contribution in [0.15, 0.2) is 17.4 Å². The van der Waals surface area contributed by atoms with Crippen molar-refractivity contribution in [2.75, 3.05) is 11.5 Å². The molecule has 6 heterocycles. The van der Waals surface area contributed by atoms with Crippen molar-refractivity contribution >= 4 is 109 Å². The summed E-state index contributed by atoms with van der Waals surface area (Å²) in [5, 5.41) is -3.13. The minimum Gasteiger partial charge on any atom is -0.456 e. The first-order valence-electron chi connectivity index (χ1n) is 16.7. The molecular formula is C30H37Cl4N10O12P. The molecule has 4 aromatic rings. The van der Waals surface area contributed by atoms with Crippen molar-refractivity contribution in [1.29, 1.82) is 0 Å². The summed E-state index contributed by atoms with van der Waals surface area (Å²) in [6.07, 6.45) is -2.23. The number of aromatic nitrogens is 8. The van der Waals surface area contributed by atoms with Gasteiger partial charge in [0.05, 0.1) is 12.7 Å². The highest BCUT2D eigenvalue weighted by atomic mass is 36.0. The van der Waals surface area contributed by atoms with Crippen LogP contribution in [-0.2, 0) is 52.2 Å². The maximum atomic E-state index is 12.0. The molecule has 2 aliphatic heterocycles. The molecule has 27 heteroatoms. The van der Waals surface area contributed by atoms with E-state index in [-0.39, 0.29) is 28.2 Å². The van der Waals surface area contributed by atoms with Crippen molar-refractivity contribution in [3.63, 3.8) is 0 Å². The number of aromatic amines is 1. The fourth-order valence-corrected chi connectivity index (χ4v) is 6.26. The number of H-pyrrole nitrogens is 1. The van der Waals surface area contributed by atoms with Crippen LogP contribution in [0.5, 0.6) is 0 Å². The number of ether oxygens (including phenoxy) is 6. The number of carbonyl (C=O) groups excluding carboxylic acids is 4. The molecule has 0 saturated carbocycles. The smallest absolute Gasteiger partial charge is 0.339 e. The van der Waals surface area contributed by atoms with Crippen molar-refractivity contribution < 1.29 is 52.2 Å². The van der Waals surface area contributed by atoms with Crippen molar-refractivity contribution in [3.8, 4) is 0 Å². The summed E-state index contributed by atoms with van der Waals surface area (Å²) in [7, 11) is 0. The Balaban J connectivity index is 0.000000226. The predicted molar refractivity (Wildman–Crippen MR) is 203 cm³/mol. The maximum Gasteiger partial charge on any atom is 0.339 e. The molecule has 4 aromatic heterocycles. The molecule has 6 rings (SSSR count). The molecule has 2 unspecified atom stereocenters. The minimum absolute atomic E-state index is 0.0325. The third kappa shape index (κ3) is 11.4. The SMILES string of the molecule is CC[C@H]1O[C@@H](n2cnc3c(=O)[nH]c(N)nc32)[C@@H](OC(C)=O)C1OC(C)=O.CC[C@H]1O[C@@H](n2cnc3c(Cl)nc(N)nc32)[C@@H](OC(C)=O)C1OC(C)=O.O=P(Cl)(Cl)Cl. The van der Waals surface area contributed by atoms with Gasteiger partial charge in [0.2, 0.25) is 11.9 Å². The van der Waals surface area contributed by atoms with E-state index in [1.54, 1.807) is 4.57 Å². The van der Waals surface area contributed by atoms with Gasteiger partial charge in [0, 0.05) is 27.7 Å². The Bertz CT molecular complexity index is 2230. The van der Waals surface area contributed by atoms with Crippen molar-refractivity contribution in [2.24, 2.45) is 0 Å². The second-order valence-corrected chi connectivity index (χ2v) is 19.1. The Kier molecular flexibility index (Phi) is 15.1. The van der Waals surface area contributed by atoms with E-state index in [9.17, 15) is 28.5 Å². The second kappa shape index (κ2) is 19.0. The number of hydrogen-bond donors (Lipinski definition) is 3. The molecule has 312 valence electrons. The van der Waals surface area contributed by atoms with Crippen LogP contribution < -0.4 is 17.0 Å². The number of anilines is 2. The first-order chi connectivity index (χ1) is 26.6. The van der Waals surface area contributed by atoms with Crippen LogP contribution in [0.3, 0.4) is 0 Å². The fraction of sp³-hybridized carbons (Fsp3) is 0.533. The normalized spacial score (nSPS) is 24.2. The average molecular weight is 902 g/mol. The summed E-state index contributed by atoms with van der Waals surface area (Å²) in [6, 6.07) is 0. The summed E-state index contributed by atoms with van der Waals surface area (Å²) in [5.74, 6) is -2.24. The van der Waals surface area contributed by atoms with Gasteiger partial charge in [-0.3, -0.25) is 42.7 Å². The van der Waals surface area contributed by atoms with Gasteiger partial charge in [-0.05, 0) is 46.6 Å². The largest absolute Gasteiger partial charge is 0.456 e. The van der Waals surface area contributed by atoms with Crippen molar-refractivity contribution in [2.45, 2.75) is 103 Å². The van der Waals surface area contributed by atoms with E-state index < -0.39 is 83.7 Å². The van der Waals surface area contributed by atoms with Gasteiger partial charge in [0.1, 0.15) is 17.7 Å². The van der Waals surface area contributed by atoms with Gasteiger partial charge < -0.3 is 39.9 Å².